The van der Waals surface area contributed by atoms with E-state index in [2.05, 4.69) is 6.58 Å². The molecule has 1 saturated carbocycles. The lowest BCUT2D eigenvalue weighted by Crippen LogP contribution is -2.24. The molecule has 1 aliphatic carbocycles. The van der Waals surface area contributed by atoms with Gasteiger partial charge < -0.3 is 10.2 Å². The van der Waals surface area contributed by atoms with Gasteiger partial charge in [-0.3, -0.25) is 9.59 Å². The van der Waals surface area contributed by atoms with Gasteiger partial charge in [0.05, 0.1) is 11.8 Å². The largest absolute Gasteiger partial charge is 0.481 e. The molecule has 0 radical (unpaired) electrons. The lowest BCUT2D eigenvalue weighted by atomic mass is 9.97. The van der Waals surface area contributed by atoms with E-state index >= 15 is 0 Å². The molecule has 0 heterocycles. The Kier molecular flexibility index (Phi) is 2.17. The van der Waals surface area contributed by atoms with Crippen molar-refractivity contribution in [2.75, 3.05) is 0 Å². The van der Waals surface area contributed by atoms with E-state index < -0.39 is 23.8 Å². The number of hydrogen-bond acceptors (Lipinski definition) is 2. The highest BCUT2D eigenvalue weighted by Crippen LogP contribution is 2.35. The molecule has 1 aliphatic rings. The SMILES string of the molecule is C=C1CC(C(=O)O)C(C(=O)O)C1. The van der Waals surface area contributed by atoms with Gasteiger partial charge in [0.25, 0.3) is 0 Å². The second kappa shape index (κ2) is 2.97. The molecule has 0 aromatic rings. The Labute approximate surface area is 69.5 Å². The van der Waals surface area contributed by atoms with Gasteiger partial charge in [-0.05, 0) is 12.8 Å². The van der Waals surface area contributed by atoms with Gasteiger partial charge in [0.2, 0.25) is 0 Å². The van der Waals surface area contributed by atoms with Crippen molar-refractivity contribution in [3.63, 3.8) is 0 Å². The topological polar surface area (TPSA) is 74.6 Å². The highest BCUT2D eigenvalue weighted by Gasteiger charge is 2.39. The van der Waals surface area contributed by atoms with Gasteiger partial charge in [-0.25, -0.2) is 0 Å². The summed E-state index contributed by atoms with van der Waals surface area (Å²) < 4.78 is 0. The van der Waals surface area contributed by atoms with Crippen LogP contribution in [0.5, 0.6) is 0 Å². The molecular formula is C8H10O4. The zero-order valence-corrected chi connectivity index (χ0v) is 6.49. The number of hydrogen-bond donors (Lipinski definition) is 2. The minimum Gasteiger partial charge on any atom is -0.481 e. The third kappa shape index (κ3) is 1.47. The fourth-order valence-electron chi connectivity index (χ4n) is 1.51. The molecule has 66 valence electrons. The van der Waals surface area contributed by atoms with Crippen LogP contribution in [-0.4, -0.2) is 22.2 Å². The van der Waals surface area contributed by atoms with Crippen molar-refractivity contribution in [3.8, 4) is 0 Å². The van der Waals surface area contributed by atoms with Crippen LogP contribution in [0.25, 0.3) is 0 Å². The standard InChI is InChI=1S/C8H10O4/c1-4-2-5(7(9)10)6(3-4)8(11)12/h5-6H,1-3H2,(H,9,10)(H,11,12). The fourth-order valence-corrected chi connectivity index (χ4v) is 1.51. The van der Waals surface area contributed by atoms with Crippen LogP contribution in [0.4, 0.5) is 0 Å². The maximum atomic E-state index is 10.6. The van der Waals surface area contributed by atoms with E-state index in [0.717, 1.165) is 5.57 Å². The lowest BCUT2D eigenvalue weighted by molar-refractivity contribution is -0.152. The van der Waals surface area contributed by atoms with Crippen molar-refractivity contribution in [3.05, 3.63) is 12.2 Å². The molecular weight excluding hydrogens is 160 g/mol. The molecule has 2 N–H and O–H groups in total. The fraction of sp³-hybridized carbons (Fsp3) is 0.500. The first kappa shape index (κ1) is 8.77. The zero-order chi connectivity index (χ0) is 9.30. The number of carboxylic acids is 2. The summed E-state index contributed by atoms with van der Waals surface area (Å²) in [5.41, 5.74) is 0.717. The summed E-state index contributed by atoms with van der Waals surface area (Å²) in [6.45, 7) is 3.59. The Morgan fingerprint density at radius 3 is 1.75 bits per heavy atom. The molecule has 0 amide bonds. The van der Waals surface area contributed by atoms with E-state index in [0.29, 0.717) is 12.8 Å². The average Bonchev–Trinajstić information content (AvgIpc) is 2.31. The molecule has 2 atom stereocenters. The Balaban J connectivity index is 2.79. The molecule has 0 saturated heterocycles. The smallest absolute Gasteiger partial charge is 0.307 e. The number of rotatable bonds is 2. The molecule has 0 aliphatic heterocycles. The molecule has 0 spiro atoms. The van der Waals surface area contributed by atoms with Crippen LogP contribution >= 0.6 is 0 Å². The zero-order valence-electron chi connectivity index (χ0n) is 6.49. The Morgan fingerprint density at radius 2 is 1.50 bits per heavy atom. The van der Waals surface area contributed by atoms with Crippen molar-refractivity contribution in [2.45, 2.75) is 12.8 Å². The minimum absolute atomic E-state index is 0.298. The molecule has 1 rings (SSSR count). The summed E-state index contributed by atoms with van der Waals surface area (Å²) in [6.07, 6.45) is 0.596. The van der Waals surface area contributed by atoms with Crippen LogP contribution in [0, 0.1) is 11.8 Å². The predicted molar refractivity (Wildman–Crippen MR) is 40.6 cm³/mol. The molecule has 2 unspecified atom stereocenters. The molecule has 0 aromatic heterocycles. The Morgan fingerprint density at radius 1 is 1.17 bits per heavy atom. The first-order chi connectivity index (χ1) is 5.52. The van der Waals surface area contributed by atoms with Gasteiger partial charge in [0, 0.05) is 0 Å². The molecule has 12 heavy (non-hydrogen) atoms. The van der Waals surface area contributed by atoms with E-state index in [1.54, 1.807) is 0 Å². The van der Waals surface area contributed by atoms with Gasteiger partial charge in [0.1, 0.15) is 0 Å². The second-order valence-electron chi connectivity index (χ2n) is 3.05. The third-order valence-electron chi connectivity index (χ3n) is 2.14. The van der Waals surface area contributed by atoms with Gasteiger partial charge in [-0.2, -0.15) is 0 Å². The quantitative estimate of drug-likeness (QED) is 0.599. The van der Waals surface area contributed by atoms with E-state index in [9.17, 15) is 9.59 Å². The summed E-state index contributed by atoms with van der Waals surface area (Å²) in [7, 11) is 0. The van der Waals surface area contributed by atoms with Crippen LogP contribution in [0.1, 0.15) is 12.8 Å². The Bertz CT molecular complexity index is 219. The first-order valence-corrected chi connectivity index (χ1v) is 3.64. The lowest BCUT2D eigenvalue weighted by Gasteiger charge is -2.08. The van der Waals surface area contributed by atoms with Crippen molar-refractivity contribution < 1.29 is 19.8 Å². The third-order valence-corrected chi connectivity index (χ3v) is 2.14. The number of carbonyl (C=O) groups is 2. The average molecular weight is 170 g/mol. The minimum atomic E-state index is -1.04. The highest BCUT2D eigenvalue weighted by atomic mass is 16.4. The van der Waals surface area contributed by atoms with Gasteiger partial charge in [-0.1, -0.05) is 12.2 Å². The Hall–Kier alpha value is -1.32. The maximum absolute atomic E-state index is 10.6. The normalized spacial score (nSPS) is 28.8. The number of carboxylic acid groups (broad SMARTS) is 2. The molecule has 0 bridgehead atoms. The van der Waals surface area contributed by atoms with Crippen LogP contribution in [0.15, 0.2) is 12.2 Å². The molecule has 4 heteroatoms. The van der Waals surface area contributed by atoms with E-state index in [1.807, 2.05) is 0 Å². The summed E-state index contributed by atoms with van der Waals surface area (Å²) in [5, 5.41) is 17.3. The van der Waals surface area contributed by atoms with Crippen LogP contribution in [0.2, 0.25) is 0 Å². The van der Waals surface area contributed by atoms with Crippen LogP contribution in [-0.2, 0) is 9.59 Å². The van der Waals surface area contributed by atoms with Crippen molar-refractivity contribution in [1.82, 2.24) is 0 Å². The van der Waals surface area contributed by atoms with Crippen LogP contribution in [0.3, 0.4) is 0 Å². The molecule has 1 fully saturated rings. The van der Waals surface area contributed by atoms with Crippen molar-refractivity contribution in [1.29, 1.82) is 0 Å². The monoisotopic (exact) mass is 170 g/mol. The summed E-state index contributed by atoms with van der Waals surface area (Å²) >= 11 is 0. The van der Waals surface area contributed by atoms with E-state index in [4.69, 9.17) is 10.2 Å². The van der Waals surface area contributed by atoms with Crippen molar-refractivity contribution in [2.24, 2.45) is 11.8 Å². The van der Waals surface area contributed by atoms with Crippen molar-refractivity contribution >= 4 is 11.9 Å². The van der Waals surface area contributed by atoms with E-state index in [1.165, 1.54) is 0 Å². The summed E-state index contributed by atoms with van der Waals surface area (Å²) in [4.78, 5) is 21.1. The maximum Gasteiger partial charge on any atom is 0.307 e. The highest BCUT2D eigenvalue weighted by molar-refractivity contribution is 5.81. The summed E-state index contributed by atoms with van der Waals surface area (Å²) in [5.74, 6) is -3.65. The first-order valence-electron chi connectivity index (χ1n) is 3.64. The van der Waals surface area contributed by atoms with Gasteiger partial charge >= 0.3 is 11.9 Å². The molecule has 4 nitrogen and oxygen atoms in total. The van der Waals surface area contributed by atoms with Gasteiger partial charge in [-0.15, -0.1) is 0 Å². The van der Waals surface area contributed by atoms with Gasteiger partial charge in [0.15, 0.2) is 0 Å². The second-order valence-corrected chi connectivity index (χ2v) is 3.05. The summed E-state index contributed by atoms with van der Waals surface area (Å²) in [6, 6.07) is 0. The number of aliphatic carboxylic acids is 2. The van der Waals surface area contributed by atoms with Crippen LogP contribution < -0.4 is 0 Å². The predicted octanol–water partition coefficient (Wildman–Crippen LogP) is 0.738. The van der Waals surface area contributed by atoms with E-state index in [-0.39, 0.29) is 0 Å². The number of allylic oxidation sites excluding steroid dienone is 1. The molecule has 0 aromatic carbocycles.